The smallest absolute Gasteiger partial charge is 0.274 e. The maximum absolute atomic E-state index is 13.2. The third-order valence-electron chi connectivity index (χ3n) is 4.70. The van der Waals surface area contributed by atoms with Crippen molar-refractivity contribution in [3.63, 3.8) is 0 Å². The van der Waals surface area contributed by atoms with Crippen LogP contribution in [0.3, 0.4) is 0 Å². The maximum atomic E-state index is 13.2. The molecule has 1 aliphatic rings. The molecule has 4 rings (SSSR count). The molecule has 0 radical (unpaired) electrons. The van der Waals surface area contributed by atoms with Crippen molar-refractivity contribution in [2.75, 3.05) is 19.7 Å². The van der Waals surface area contributed by atoms with Gasteiger partial charge in [0.25, 0.3) is 11.5 Å². The van der Waals surface area contributed by atoms with E-state index in [0.29, 0.717) is 42.0 Å². The molecule has 1 saturated heterocycles. The van der Waals surface area contributed by atoms with E-state index in [9.17, 15) is 9.59 Å². The summed E-state index contributed by atoms with van der Waals surface area (Å²) in [6.07, 6.45) is -0.165. The fourth-order valence-corrected chi connectivity index (χ4v) is 3.43. The number of nitrogens with one attached hydrogen (secondary N) is 1. The highest BCUT2D eigenvalue weighted by atomic mass is 16.5. The molecule has 26 heavy (non-hydrogen) atoms. The molecule has 0 saturated carbocycles. The molecule has 7 heteroatoms. The van der Waals surface area contributed by atoms with Crippen molar-refractivity contribution in [3.05, 3.63) is 63.6 Å². The van der Waals surface area contributed by atoms with Gasteiger partial charge in [-0.1, -0.05) is 30.3 Å². The van der Waals surface area contributed by atoms with Gasteiger partial charge in [0.1, 0.15) is 6.10 Å². The molecular weight excluding hydrogens is 332 g/mol. The number of aromatic nitrogens is 3. The van der Waals surface area contributed by atoms with Crippen molar-refractivity contribution in [1.82, 2.24) is 19.7 Å². The average molecular weight is 352 g/mol. The number of rotatable bonds is 2. The maximum Gasteiger partial charge on any atom is 0.274 e. The topological polar surface area (TPSA) is 80.2 Å². The normalized spacial score (nSPS) is 17.6. The summed E-state index contributed by atoms with van der Waals surface area (Å²) in [5.74, 6) is -0.165. The number of amides is 1. The van der Waals surface area contributed by atoms with Gasteiger partial charge >= 0.3 is 0 Å². The molecule has 0 unspecified atom stereocenters. The van der Waals surface area contributed by atoms with Gasteiger partial charge in [-0.25, -0.2) is 4.98 Å². The first kappa shape index (κ1) is 16.5. The Kier molecular flexibility index (Phi) is 4.08. The second-order valence-electron chi connectivity index (χ2n) is 6.53. The van der Waals surface area contributed by atoms with E-state index in [2.05, 4.69) is 10.1 Å². The Morgan fingerprint density at radius 2 is 2.08 bits per heavy atom. The fourth-order valence-electron chi connectivity index (χ4n) is 3.43. The second kappa shape index (κ2) is 6.42. The first-order valence-corrected chi connectivity index (χ1v) is 8.57. The Labute approximate surface area is 150 Å². The Hall–Kier alpha value is -2.93. The molecule has 1 aliphatic heterocycles. The lowest BCUT2D eigenvalue weighted by Crippen LogP contribution is -2.42. The van der Waals surface area contributed by atoms with E-state index in [1.807, 2.05) is 37.3 Å². The van der Waals surface area contributed by atoms with E-state index in [-0.39, 0.29) is 17.6 Å². The highest BCUT2D eigenvalue weighted by Crippen LogP contribution is 2.24. The van der Waals surface area contributed by atoms with Crippen molar-refractivity contribution in [2.24, 2.45) is 7.05 Å². The Bertz CT molecular complexity index is 1020. The standard InChI is InChI=1S/C19H20N4O3/c1-12-10-14(16-17(20-12)22(2)21-18(16)24)19(25)23-8-9-26-15(11-23)13-6-4-3-5-7-13/h3-7,10,15H,8-9,11H2,1-2H3,(H,21,24)/t15-/m0/s1. The van der Waals surface area contributed by atoms with Gasteiger partial charge in [0.2, 0.25) is 0 Å². The third kappa shape index (κ3) is 2.80. The molecule has 1 atom stereocenters. The van der Waals surface area contributed by atoms with E-state index in [4.69, 9.17) is 4.74 Å². The first-order valence-electron chi connectivity index (χ1n) is 8.57. The zero-order chi connectivity index (χ0) is 18.3. The minimum absolute atomic E-state index is 0.165. The lowest BCUT2D eigenvalue weighted by Gasteiger charge is -2.33. The van der Waals surface area contributed by atoms with Crippen LogP contribution in [-0.2, 0) is 11.8 Å². The van der Waals surface area contributed by atoms with E-state index in [1.165, 1.54) is 0 Å². The zero-order valence-electron chi connectivity index (χ0n) is 14.7. The number of fused-ring (bicyclic) bond motifs is 1. The molecule has 1 amide bonds. The fraction of sp³-hybridized carbons (Fsp3) is 0.316. The van der Waals surface area contributed by atoms with Crippen molar-refractivity contribution in [3.8, 4) is 0 Å². The number of pyridine rings is 1. The van der Waals surface area contributed by atoms with E-state index < -0.39 is 0 Å². The number of morpholine rings is 1. The molecule has 2 aromatic heterocycles. The molecule has 0 aliphatic carbocycles. The van der Waals surface area contributed by atoms with Gasteiger partial charge in [0.05, 0.1) is 24.1 Å². The summed E-state index contributed by atoms with van der Waals surface area (Å²) in [5.41, 5.74) is 2.32. The van der Waals surface area contributed by atoms with E-state index in [0.717, 1.165) is 5.56 Å². The lowest BCUT2D eigenvalue weighted by atomic mass is 10.1. The summed E-state index contributed by atoms with van der Waals surface area (Å²) in [6.45, 7) is 3.23. The summed E-state index contributed by atoms with van der Waals surface area (Å²) in [4.78, 5) is 31.6. The van der Waals surface area contributed by atoms with E-state index in [1.54, 1.807) is 22.7 Å². The van der Waals surface area contributed by atoms with Crippen LogP contribution in [0.2, 0.25) is 0 Å². The van der Waals surface area contributed by atoms with Crippen molar-refractivity contribution in [1.29, 1.82) is 0 Å². The van der Waals surface area contributed by atoms with Crippen molar-refractivity contribution < 1.29 is 9.53 Å². The third-order valence-corrected chi connectivity index (χ3v) is 4.70. The van der Waals surface area contributed by atoms with Crippen LogP contribution in [0.15, 0.2) is 41.2 Å². The van der Waals surface area contributed by atoms with Crippen LogP contribution < -0.4 is 5.56 Å². The summed E-state index contributed by atoms with van der Waals surface area (Å²) >= 11 is 0. The zero-order valence-corrected chi connectivity index (χ0v) is 14.7. The number of hydrogen-bond donors (Lipinski definition) is 1. The molecule has 7 nitrogen and oxygen atoms in total. The number of hydrogen-bond acceptors (Lipinski definition) is 4. The summed E-state index contributed by atoms with van der Waals surface area (Å²) in [7, 11) is 1.71. The Balaban J connectivity index is 1.70. The SMILES string of the molecule is Cc1cc(C(=O)N2CCO[C@H](c3ccccc3)C2)c2c(=O)[nH]n(C)c2n1. The number of carbonyl (C=O) groups excluding carboxylic acids is 1. The average Bonchev–Trinajstić information content (AvgIpc) is 2.95. The predicted octanol–water partition coefficient (Wildman–Crippen LogP) is 1.78. The summed E-state index contributed by atoms with van der Waals surface area (Å²) < 4.78 is 7.39. The Morgan fingerprint density at radius 3 is 2.85 bits per heavy atom. The molecule has 1 N–H and O–H groups in total. The molecule has 1 fully saturated rings. The lowest BCUT2D eigenvalue weighted by molar-refractivity contribution is -0.0227. The van der Waals surface area contributed by atoms with Crippen LogP contribution in [0, 0.1) is 6.92 Å². The van der Waals surface area contributed by atoms with Crippen LogP contribution in [0.1, 0.15) is 27.7 Å². The minimum Gasteiger partial charge on any atom is -0.370 e. The van der Waals surface area contributed by atoms with Crippen LogP contribution in [0.4, 0.5) is 0 Å². The monoisotopic (exact) mass is 352 g/mol. The number of benzene rings is 1. The van der Waals surface area contributed by atoms with Crippen LogP contribution >= 0.6 is 0 Å². The van der Waals surface area contributed by atoms with Crippen LogP contribution in [0.25, 0.3) is 11.0 Å². The quantitative estimate of drug-likeness (QED) is 0.762. The Morgan fingerprint density at radius 1 is 1.31 bits per heavy atom. The molecule has 1 aromatic carbocycles. The number of carbonyl (C=O) groups is 1. The molecule has 3 heterocycles. The van der Waals surface area contributed by atoms with Gasteiger partial charge in [0.15, 0.2) is 5.65 Å². The number of aromatic amines is 1. The first-order chi connectivity index (χ1) is 12.5. The highest BCUT2D eigenvalue weighted by molar-refractivity contribution is 6.05. The van der Waals surface area contributed by atoms with Crippen LogP contribution in [0.5, 0.6) is 0 Å². The largest absolute Gasteiger partial charge is 0.370 e. The molecule has 3 aromatic rings. The molecule has 0 bridgehead atoms. The highest BCUT2D eigenvalue weighted by Gasteiger charge is 2.28. The van der Waals surface area contributed by atoms with Crippen LogP contribution in [-0.4, -0.2) is 45.3 Å². The number of ether oxygens (including phenoxy) is 1. The van der Waals surface area contributed by atoms with Gasteiger partial charge in [0, 0.05) is 19.3 Å². The second-order valence-corrected chi connectivity index (χ2v) is 6.53. The summed E-state index contributed by atoms with van der Waals surface area (Å²) in [5, 5.41) is 3.02. The van der Waals surface area contributed by atoms with Gasteiger partial charge in [-0.2, -0.15) is 0 Å². The van der Waals surface area contributed by atoms with Gasteiger partial charge in [-0.15, -0.1) is 0 Å². The van der Waals surface area contributed by atoms with Crippen molar-refractivity contribution >= 4 is 16.9 Å². The number of nitrogens with zero attached hydrogens (tertiary/aromatic N) is 3. The van der Waals surface area contributed by atoms with Crippen molar-refractivity contribution in [2.45, 2.75) is 13.0 Å². The predicted molar refractivity (Wildman–Crippen MR) is 97.1 cm³/mol. The molecule has 134 valence electrons. The minimum atomic E-state index is -0.300. The van der Waals surface area contributed by atoms with Gasteiger partial charge in [-0.05, 0) is 18.6 Å². The van der Waals surface area contributed by atoms with Gasteiger partial charge < -0.3 is 9.64 Å². The molecule has 0 spiro atoms. The number of H-pyrrole nitrogens is 1. The summed E-state index contributed by atoms with van der Waals surface area (Å²) in [6, 6.07) is 11.5. The number of aryl methyl sites for hydroxylation is 2. The van der Waals surface area contributed by atoms with Gasteiger partial charge in [-0.3, -0.25) is 19.4 Å². The molecular formula is C19H20N4O3. The van der Waals surface area contributed by atoms with E-state index >= 15 is 0 Å².